The van der Waals surface area contributed by atoms with Crippen molar-refractivity contribution in [3.8, 4) is 0 Å². The van der Waals surface area contributed by atoms with Crippen molar-refractivity contribution in [3.05, 3.63) is 43.0 Å². The lowest BCUT2D eigenvalue weighted by Crippen LogP contribution is -2.41. The van der Waals surface area contributed by atoms with Crippen molar-refractivity contribution in [2.24, 2.45) is 0 Å². The number of nitrogens with one attached hydrogen (secondary N) is 1. The maximum Gasteiger partial charge on any atom is 0.160 e. The van der Waals surface area contributed by atoms with Gasteiger partial charge in [-0.2, -0.15) is 0 Å². The van der Waals surface area contributed by atoms with E-state index in [-0.39, 0.29) is 18.5 Å². The van der Waals surface area contributed by atoms with Gasteiger partial charge >= 0.3 is 0 Å². The smallest absolute Gasteiger partial charge is 0.160 e. The summed E-state index contributed by atoms with van der Waals surface area (Å²) in [5.74, 6) is 0. The van der Waals surface area contributed by atoms with Gasteiger partial charge in [-0.25, -0.2) is 0 Å². The fourth-order valence-electron chi connectivity index (χ4n) is 2.07. The Balaban J connectivity index is 1.72. The van der Waals surface area contributed by atoms with Crippen LogP contribution in [0.3, 0.4) is 0 Å². The van der Waals surface area contributed by atoms with Crippen molar-refractivity contribution < 1.29 is 14.6 Å². The Kier molecular flexibility index (Phi) is 6.56. The van der Waals surface area contributed by atoms with E-state index in [1.54, 1.807) is 18.0 Å². The molecule has 0 bridgehead atoms. The lowest BCUT2D eigenvalue weighted by atomic mass is 10.1. The minimum Gasteiger partial charge on any atom is -0.393 e. The van der Waals surface area contributed by atoms with Crippen LogP contribution in [0.4, 0.5) is 0 Å². The SMILES string of the molecule is C=CCOC1CC(O)CC(CNSc2ccccc2)O1. The van der Waals surface area contributed by atoms with E-state index in [0.29, 0.717) is 26.0 Å². The number of aliphatic hydroxyl groups is 1. The molecule has 0 amide bonds. The second kappa shape index (κ2) is 8.44. The summed E-state index contributed by atoms with van der Waals surface area (Å²) in [6.45, 7) is 4.72. The molecule has 1 aliphatic heterocycles. The lowest BCUT2D eigenvalue weighted by molar-refractivity contribution is -0.208. The standard InChI is InChI=1S/C15H21NO3S/c1-2-8-18-15-10-12(17)9-13(19-15)11-16-20-14-6-4-3-5-7-14/h2-7,12-13,15-17H,1,8-11H2. The van der Waals surface area contributed by atoms with Gasteiger partial charge in [0.15, 0.2) is 6.29 Å². The highest BCUT2D eigenvalue weighted by Crippen LogP contribution is 2.21. The summed E-state index contributed by atoms with van der Waals surface area (Å²) in [6, 6.07) is 10.1. The topological polar surface area (TPSA) is 50.7 Å². The van der Waals surface area contributed by atoms with Gasteiger partial charge in [-0.15, -0.1) is 6.58 Å². The van der Waals surface area contributed by atoms with E-state index in [1.807, 2.05) is 30.3 Å². The predicted molar refractivity (Wildman–Crippen MR) is 80.4 cm³/mol. The summed E-state index contributed by atoms with van der Waals surface area (Å²) >= 11 is 1.57. The molecule has 3 unspecified atom stereocenters. The molecule has 2 rings (SSSR count). The summed E-state index contributed by atoms with van der Waals surface area (Å²) in [6.07, 6.45) is 2.09. The maximum atomic E-state index is 9.85. The molecule has 1 aliphatic rings. The van der Waals surface area contributed by atoms with Crippen LogP contribution in [0.15, 0.2) is 47.9 Å². The average molecular weight is 295 g/mol. The van der Waals surface area contributed by atoms with Gasteiger partial charge in [-0.3, -0.25) is 4.72 Å². The maximum absolute atomic E-state index is 9.85. The van der Waals surface area contributed by atoms with E-state index >= 15 is 0 Å². The Morgan fingerprint density at radius 1 is 1.40 bits per heavy atom. The van der Waals surface area contributed by atoms with Gasteiger partial charge in [0.05, 0.1) is 18.8 Å². The summed E-state index contributed by atoms with van der Waals surface area (Å²) in [5, 5.41) is 9.85. The van der Waals surface area contributed by atoms with Gasteiger partial charge in [0, 0.05) is 24.3 Å². The van der Waals surface area contributed by atoms with Gasteiger partial charge < -0.3 is 14.6 Å². The van der Waals surface area contributed by atoms with E-state index in [4.69, 9.17) is 9.47 Å². The molecular weight excluding hydrogens is 274 g/mol. The van der Waals surface area contributed by atoms with Crippen LogP contribution in [0.5, 0.6) is 0 Å². The van der Waals surface area contributed by atoms with Crippen molar-refractivity contribution in [1.29, 1.82) is 0 Å². The second-order valence-electron chi connectivity index (χ2n) is 4.70. The lowest BCUT2D eigenvalue weighted by Gasteiger charge is -2.32. The van der Waals surface area contributed by atoms with E-state index < -0.39 is 0 Å². The van der Waals surface area contributed by atoms with Gasteiger partial charge in [-0.1, -0.05) is 24.3 Å². The zero-order valence-corrected chi connectivity index (χ0v) is 12.2. The van der Waals surface area contributed by atoms with Crippen LogP contribution < -0.4 is 4.72 Å². The molecule has 1 saturated heterocycles. The van der Waals surface area contributed by atoms with Gasteiger partial charge in [0.1, 0.15) is 0 Å². The summed E-state index contributed by atoms with van der Waals surface area (Å²) in [5.41, 5.74) is 0. The Morgan fingerprint density at radius 3 is 2.95 bits per heavy atom. The number of hydrogen-bond donors (Lipinski definition) is 2. The molecule has 0 aromatic heterocycles. The fraction of sp³-hybridized carbons (Fsp3) is 0.467. The number of aliphatic hydroxyl groups excluding tert-OH is 1. The Bertz CT molecular complexity index is 401. The van der Waals surface area contributed by atoms with Crippen molar-refractivity contribution >= 4 is 11.9 Å². The first-order valence-electron chi connectivity index (χ1n) is 6.78. The van der Waals surface area contributed by atoms with Crippen LogP contribution in [0.2, 0.25) is 0 Å². The molecule has 110 valence electrons. The van der Waals surface area contributed by atoms with Crippen LogP contribution in [0, 0.1) is 0 Å². The molecule has 1 heterocycles. The van der Waals surface area contributed by atoms with E-state index in [0.717, 1.165) is 4.90 Å². The van der Waals surface area contributed by atoms with E-state index in [2.05, 4.69) is 11.3 Å². The largest absolute Gasteiger partial charge is 0.393 e. The van der Waals surface area contributed by atoms with Crippen molar-refractivity contribution in [2.45, 2.75) is 36.2 Å². The van der Waals surface area contributed by atoms with Gasteiger partial charge in [0.2, 0.25) is 0 Å². The molecule has 1 aromatic rings. The minimum absolute atomic E-state index is 0.0372. The Labute approximate surface area is 124 Å². The minimum atomic E-state index is -0.368. The molecule has 2 N–H and O–H groups in total. The summed E-state index contributed by atoms with van der Waals surface area (Å²) < 4.78 is 14.5. The quantitative estimate of drug-likeness (QED) is 0.597. The zero-order valence-electron chi connectivity index (χ0n) is 11.4. The average Bonchev–Trinajstić information content (AvgIpc) is 2.46. The number of benzene rings is 1. The summed E-state index contributed by atoms with van der Waals surface area (Å²) in [4.78, 5) is 1.16. The Morgan fingerprint density at radius 2 is 2.20 bits per heavy atom. The van der Waals surface area contributed by atoms with E-state index in [1.165, 1.54) is 0 Å². The third-order valence-corrected chi connectivity index (χ3v) is 3.81. The predicted octanol–water partition coefficient (Wildman–Crippen LogP) is 2.35. The molecule has 3 atom stereocenters. The molecule has 5 heteroatoms. The highest BCUT2D eigenvalue weighted by molar-refractivity contribution is 7.97. The Hall–Kier alpha value is -0.850. The first-order valence-corrected chi connectivity index (χ1v) is 7.60. The van der Waals surface area contributed by atoms with Crippen LogP contribution in [-0.4, -0.2) is 36.8 Å². The fourth-order valence-corrected chi connectivity index (χ4v) is 2.80. The normalized spacial score (nSPS) is 26.4. The molecule has 0 spiro atoms. The van der Waals surface area contributed by atoms with Crippen molar-refractivity contribution in [3.63, 3.8) is 0 Å². The number of ether oxygens (including phenoxy) is 2. The molecule has 0 radical (unpaired) electrons. The van der Waals surface area contributed by atoms with Crippen LogP contribution in [0.1, 0.15) is 12.8 Å². The van der Waals surface area contributed by atoms with E-state index in [9.17, 15) is 5.11 Å². The molecule has 20 heavy (non-hydrogen) atoms. The van der Waals surface area contributed by atoms with Gasteiger partial charge in [0.25, 0.3) is 0 Å². The highest BCUT2D eigenvalue weighted by Gasteiger charge is 2.28. The first-order chi connectivity index (χ1) is 9.78. The zero-order chi connectivity index (χ0) is 14.2. The molecule has 1 fully saturated rings. The van der Waals surface area contributed by atoms with Crippen molar-refractivity contribution in [1.82, 2.24) is 4.72 Å². The monoisotopic (exact) mass is 295 g/mol. The molecule has 0 saturated carbocycles. The summed E-state index contributed by atoms with van der Waals surface area (Å²) in [7, 11) is 0. The van der Waals surface area contributed by atoms with Crippen LogP contribution in [-0.2, 0) is 9.47 Å². The first kappa shape index (κ1) is 15.5. The molecular formula is C15H21NO3S. The number of hydrogen-bond acceptors (Lipinski definition) is 5. The van der Waals surface area contributed by atoms with Gasteiger partial charge in [-0.05, 0) is 24.1 Å². The van der Waals surface area contributed by atoms with Crippen LogP contribution >= 0.6 is 11.9 Å². The third kappa shape index (κ3) is 5.26. The molecule has 1 aromatic carbocycles. The highest BCUT2D eigenvalue weighted by atomic mass is 32.2. The van der Waals surface area contributed by atoms with Crippen molar-refractivity contribution in [2.75, 3.05) is 13.2 Å². The second-order valence-corrected chi connectivity index (χ2v) is 5.66. The molecule has 0 aliphatic carbocycles. The third-order valence-electron chi connectivity index (χ3n) is 2.99. The molecule has 4 nitrogen and oxygen atoms in total. The number of rotatable bonds is 7. The van der Waals surface area contributed by atoms with Crippen LogP contribution in [0.25, 0.3) is 0 Å².